The molecule has 0 atom stereocenters. The number of pyridine rings is 1. The lowest BCUT2D eigenvalue weighted by atomic mass is 9.95. The van der Waals surface area contributed by atoms with Crippen LogP contribution in [-0.2, 0) is 19.3 Å². The van der Waals surface area contributed by atoms with Gasteiger partial charge < -0.3 is 8.98 Å². The average Bonchev–Trinajstić information content (AvgIpc) is 3.66. The van der Waals surface area contributed by atoms with E-state index in [0.717, 1.165) is 64.9 Å². The van der Waals surface area contributed by atoms with Gasteiger partial charge in [-0.1, -0.05) is 110 Å². The van der Waals surface area contributed by atoms with E-state index in [4.69, 9.17) is 14.4 Å². The van der Waals surface area contributed by atoms with E-state index in [9.17, 15) is 0 Å². The first-order valence-electron chi connectivity index (χ1n) is 20.1. The van der Waals surface area contributed by atoms with Gasteiger partial charge in [0.05, 0.1) is 16.9 Å². The normalized spacial score (nSPS) is 13.6. The minimum Gasteiger partial charge on any atom is -0.460 e. The van der Waals surface area contributed by atoms with Crippen LogP contribution < -0.4 is 0 Å². The number of allylic oxidation sites excluding steroid dienone is 4. The standard InChI is InChI=1S/C54H41N3O/c1-2-42-46-35-40(43-20-10-11-22-45(43)50-24-12-14-33-56-50)26-29-52(46)57(51(42)25-15-19-38-18-8-9-21-44(38)49-23-7-4-13-32-55-49)41-28-31-54-48(36-41)47-34-39(27-30-53(47)58-54)37-16-5-3-6-17-37/h3-6,8-18,20-27,29-30,32-36H,2,19,28,31H2,1H3/b25-15-. The van der Waals surface area contributed by atoms with Crippen LogP contribution in [0.1, 0.15) is 47.1 Å². The fourth-order valence-electron chi connectivity index (χ4n) is 8.64. The number of furan rings is 1. The van der Waals surface area contributed by atoms with E-state index < -0.39 is 0 Å². The van der Waals surface area contributed by atoms with Crippen LogP contribution in [0.2, 0.25) is 0 Å². The zero-order chi connectivity index (χ0) is 38.8. The molecule has 10 rings (SSSR count). The minimum atomic E-state index is 0.766. The van der Waals surface area contributed by atoms with Crippen molar-refractivity contribution in [1.82, 2.24) is 9.55 Å². The molecule has 1 aliphatic heterocycles. The molecule has 0 unspecified atom stereocenters. The number of benzene rings is 5. The zero-order valence-electron chi connectivity index (χ0n) is 32.4. The lowest BCUT2D eigenvalue weighted by molar-refractivity contribution is 0.546. The third-order valence-corrected chi connectivity index (χ3v) is 11.4. The van der Waals surface area contributed by atoms with Gasteiger partial charge in [-0.2, -0.15) is 0 Å². The maximum Gasteiger partial charge on any atom is 0.134 e. The quantitative estimate of drug-likeness (QED) is 0.138. The van der Waals surface area contributed by atoms with Gasteiger partial charge in [0.15, 0.2) is 0 Å². The Hall–Kier alpha value is -7.26. The summed E-state index contributed by atoms with van der Waals surface area (Å²) in [5, 5.41) is 2.42. The highest BCUT2D eigenvalue weighted by atomic mass is 16.3. The molecule has 1 aliphatic carbocycles. The molecule has 278 valence electrons. The molecule has 0 bridgehead atoms. The summed E-state index contributed by atoms with van der Waals surface area (Å²) >= 11 is 0. The smallest absolute Gasteiger partial charge is 0.134 e. The molecule has 0 saturated heterocycles. The van der Waals surface area contributed by atoms with Gasteiger partial charge in [-0.3, -0.25) is 9.98 Å². The molecule has 2 aliphatic rings. The van der Waals surface area contributed by atoms with Crippen LogP contribution in [0.4, 0.5) is 0 Å². The molecule has 3 aromatic heterocycles. The van der Waals surface area contributed by atoms with Gasteiger partial charge in [-0.25, -0.2) is 0 Å². The summed E-state index contributed by atoms with van der Waals surface area (Å²) in [4.78, 5) is 9.43. The Bertz CT molecular complexity index is 3040. The minimum absolute atomic E-state index is 0.766. The zero-order valence-corrected chi connectivity index (χ0v) is 32.4. The maximum atomic E-state index is 6.51. The third-order valence-electron chi connectivity index (χ3n) is 11.4. The molecule has 0 radical (unpaired) electrons. The highest BCUT2D eigenvalue weighted by Gasteiger charge is 2.24. The van der Waals surface area contributed by atoms with Crippen LogP contribution in [-0.4, -0.2) is 15.3 Å². The summed E-state index contributed by atoms with van der Waals surface area (Å²) in [5.41, 5.74) is 20.5. The van der Waals surface area contributed by atoms with Gasteiger partial charge in [0, 0.05) is 63.7 Å². The Morgan fingerprint density at radius 1 is 0.741 bits per heavy atom. The van der Waals surface area contributed by atoms with Gasteiger partial charge in [-0.15, -0.1) is 5.73 Å². The van der Waals surface area contributed by atoms with Crippen LogP contribution in [0.3, 0.4) is 0 Å². The van der Waals surface area contributed by atoms with Crippen molar-refractivity contribution in [3.05, 3.63) is 210 Å². The first-order valence-corrected chi connectivity index (χ1v) is 20.1. The number of fused-ring (bicyclic) bond motifs is 4. The second-order valence-corrected chi connectivity index (χ2v) is 14.8. The lowest BCUT2D eigenvalue weighted by Crippen LogP contribution is -2.06. The molecule has 0 N–H and O–H groups in total. The van der Waals surface area contributed by atoms with E-state index in [1.165, 1.54) is 61.2 Å². The van der Waals surface area contributed by atoms with E-state index in [-0.39, 0.29) is 0 Å². The number of aliphatic imine (C=N–C) groups is 1. The van der Waals surface area contributed by atoms with Crippen molar-refractivity contribution in [1.29, 1.82) is 0 Å². The van der Waals surface area contributed by atoms with Gasteiger partial charge in [0.2, 0.25) is 0 Å². The molecule has 4 heteroatoms. The van der Waals surface area contributed by atoms with E-state index in [1.54, 1.807) is 0 Å². The lowest BCUT2D eigenvalue weighted by Gasteiger charge is -2.18. The van der Waals surface area contributed by atoms with Gasteiger partial charge in [0.25, 0.3) is 0 Å². The molecule has 4 heterocycles. The summed E-state index contributed by atoms with van der Waals surface area (Å²) in [5.74, 6) is 1.05. The summed E-state index contributed by atoms with van der Waals surface area (Å²) < 4.78 is 9.02. The van der Waals surface area contributed by atoms with E-state index in [1.807, 2.05) is 36.7 Å². The van der Waals surface area contributed by atoms with Crippen molar-refractivity contribution in [2.75, 3.05) is 0 Å². The third kappa shape index (κ3) is 6.50. The highest BCUT2D eigenvalue weighted by molar-refractivity contribution is 6.10. The van der Waals surface area contributed by atoms with E-state index in [2.05, 4.69) is 163 Å². The van der Waals surface area contributed by atoms with E-state index in [0.29, 0.717) is 0 Å². The second kappa shape index (κ2) is 15.3. The topological polar surface area (TPSA) is 43.3 Å². The molecule has 58 heavy (non-hydrogen) atoms. The van der Waals surface area contributed by atoms with Crippen molar-refractivity contribution in [2.45, 2.75) is 32.6 Å². The Labute approximate surface area is 338 Å². The molecule has 4 nitrogen and oxygen atoms in total. The Morgan fingerprint density at radius 2 is 1.53 bits per heavy atom. The number of nitrogens with zero attached hydrogens (tertiary/aromatic N) is 3. The SMILES string of the molecule is CCc1c(/C=C\Cc2ccccc2C2=NC=CC=C=C2)n(C2=Cc3c(oc4ccc(-c5ccccc5)cc34)CC2)c2ccc(-c3ccccc3-c3ccccn3)cc12. The Kier molecular flexibility index (Phi) is 9.31. The molecule has 0 fully saturated rings. The maximum absolute atomic E-state index is 6.51. The van der Waals surface area contributed by atoms with Crippen molar-refractivity contribution in [3.63, 3.8) is 0 Å². The fourth-order valence-corrected chi connectivity index (χ4v) is 8.64. The van der Waals surface area contributed by atoms with Crippen molar-refractivity contribution >= 4 is 45.4 Å². The van der Waals surface area contributed by atoms with Gasteiger partial charge in [-0.05, 0) is 113 Å². The monoisotopic (exact) mass is 747 g/mol. The number of aromatic nitrogens is 2. The first-order chi connectivity index (χ1) is 28.7. The van der Waals surface area contributed by atoms with Crippen molar-refractivity contribution in [3.8, 4) is 33.5 Å². The van der Waals surface area contributed by atoms with Crippen LogP contribution in [0, 0.1) is 0 Å². The predicted molar refractivity (Wildman–Crippen MR) is 242 cm³/mol. The molecule has 8 aromatic rings. The van der Waals surface area contributed by atoms with Crippen molar-refractivity contribution < 1.29 is 4.42 Å². The molecular weight excluding hydrogens is 707 g/mol. The highest BCUT2D eigenvalue weighted by Crippen LogP contribution is 2.42. The van der Waals surface area contributed by atoms with Crippen LogP contribution in [0.25, 0.3) is 73.2 Å². The largest absolute Gasteiger partial charge is 0.460 e. The van der Waals surface area contributed by atoms with E-state index >= 15 is 0 Å². The molecule has 5 aromatic carbocycles. The average molecular weight is 748 g/mol. The predicted octanol–water partition coefficient (Wildman–Crippen LogP) is 13.6. The summed E-state index contributed by atoms with van der Waals surface area (Å²) in [6.45, 7) is 2.28. The number of hydrogen-bond donors (Lipinski definition) is 0. The Morgan fingerprint density at radius 3 is 2.40 bits per heavy atom. The van der Waals surface area contributed by atoms with Crippen LogP contribution in [0.15, 0.2) is 185 Å². The molecule has 0 saturated carbocycles. The van der Waals surface area contributed by atoms with Crippen LogP contribution >= 0.6 is 0 Å². The van der Waals surface area contributed by atoms with Crippen molar-refractivity contribution in [2.24, 2.45) is 4.99 Å². The summed E-state index contributed by atoms with van der Waals surface area (Å²) in [6, 6.07) is 47.4. The number of aryl methyl sites for hydroxylation is 2. The second-order valence-electron chi connectivity index (χ2n) is 14.8. The number of hydrogen-bond acceptors (Lipinski definition) is 3. The fraction of sp³-hybridized carbons (Fsp3) is 0.0926. The molecule has 0 spiro atoms. The van der Waals surface area contributed by atoms with Gasteiger partial charge in [0.1, 0.15) is 11.3 Å². The summed E-state index contributed by atoms with van der Waals surface area (Å²) in [7, 11) is 0. The first kappa shape index (κ1) is 35.2. The molecular formula is C54H41N3O. The molecule has 0 amide bonds. The Balaban J connectivity index is 1.13. The van der Waals surface area contributed by atoms with Crippen LogP contribution in [0.5, 0.6) is 0 Å². The van der Waals surface area contributed by atoms with Gasteiger partial charge >= 0.3 is 0 Å². The number of rotatable bonds is 9. The summed E-state index contributed by atoms with van der Waals surface area (Å²) in [6.07, 6.45) is 19.9.